The van der Waals surface area contributed by atoms with Crippen LogP contribution in [0.15, 0.2) is 12.3 Å². The molecule has 0 aliphatic rings. The molecule has 0 bridgehead atoms. The number of hydrogen-bond acceptors (Lipinski definition) is 4. The van der Waals surface area contributed by atoms with Crippen LogP contribution in [0.5, 0.6) is 0 Å². The van der Waals surface area contributed by atoms with Crippen LogP contribution in [0, 0.1) is 0 Å². The second-order valence-electron chi connectivity index (χ2n) is 3.69. The van der Waals surface area contributed by atoms with Crippen LogP contribution in [0.25, 0.3) is 11.2 Å². The molecule has 2 aromatic rings. The van der Waals surface area contributed by atoms with Gasteiger partial charge >= 0.3 is 0 Å². The number of methoxy groups -OCH3 is 1. The van der Waals surface area contributed by atoms with Gasteiger partial charge in [0.15, 0.2) is 5.65 Å². The third kappa shape index (κ3) is 2.57. The number of imidazole rings is 1. The molecule has 2 rings (SSSR count). The summed E-state index contributed by atoms with van der Waals surface area (Å²) in [6.07, 6.45) is 2.25. The number of halogens is 1. The number of aryl methyl sites for hydroxylation is 1. The van der Waals surface area contributed by atoms with Gasteiger partial charge < -0.3 is 14.4 Å². The summed E-state index contributed by atoms with van der Waals surface area (Å²) in [5.74, 6) is 0.797. The van der Waals surface area contributed by atoms with Gasteiger partial charge in [-0.25, -0.2) is 9.97 Å². The average Bonchev–Trinajstić information content (AvgIpc) is 2.63. The maximum atomic E-state index is 8.90. The van der Waals surface area contributed by atoms with Gasteiger partial charge in [0.05, 0.1) is 5.02 Å². The molecule has 0 unspecified atom stereocenters. The van der Waals surface area contributed by atoms with Gasteiger partial charge in [-0.1, -0.05) is 11.6 Å². The Morgan fingerprint density at radius 2 is 2.35 bits per heavy atom. The summed E-state index contributed by atoms with van der Waals surface area (Å²) in [7, 11) is 1.62. The van der Waals surface area contributed by atoms with Gasteiger partial charge in [-0.05, 0) is 12.5 Å². The van der Waals surface area contributed by atoms with E-state index >= 15 is 0 Å². The van der Waals surface area contributed by atoms with Gasteiger partial charge in [-0.15, -0.1) is 0 Å². The topological polar surface area (TPSA) is 60.2 Å². The molecule has 92 valence electrons. The molecule has 5 nitrogen and oxygen atoms in total. The SMILES string of the molecule is COCc1nc2cc(Cl)cnc2n1CCCO. The van der Waals surface area contributed by atoms with Gasteiger partial charge in [0.1, 0.15) is 17.9 Å². The summed E-state index contributed by atoms with van der Waals surface area (Å²) >= 11 is 5.88. The van der Waals surface area contributed by atoms with Crippen LogP contribution in [0.4, 0.5) is 0 Å². The first-order valence-electron chi connectivity index (χ1n) is 5.36. The molecule has 2 heterocycles. The first-order chi connectivity index (χ1) is 8.26. The van der Waals surface area contributed by atoms with Crippen molar-refractivity contribution in [1.29, 1.82) is 0 Å². The molecular formula is C11H14ClN3O2. The number of nitrogens with zero attached hydrogens (tertiary/aromatic N) is 3. The van der Waals surface area contributed by atoms with Crippen LogP contribution in [-0.2, 0) is 17.9 Å². The standard InChI is InChI=1S/C11H14ClN3O2/c1-17-7-10-14-9-5-8(12)6-13-11(9)15(10)3-2-4-16/h5-6,16H,2-4,7H2,1H3. The van der Waals surface area contributed by atoms with Crippen LogP contribution >= 0.6 is 11.6 Å². The lowest BCUT2D eigenvalue weighted by atomic mass is 10.4. The Bertz CT molecular complexity index is 513. The molecule has 0 fully saturated rings. The van der Waals surface area contributed by atoms with Gasteiger partial charge in [-0.2, -0.15) is 0 Å². The predicted molar refractivity (Wildman–Crippen MR) is 65.0 cm³/mol. The third-order valence-corrected chi connectivity index (χ3v) is 2.65. The summed E-state index contributed by atoms with van der Waals surface area (Å²) in [5.41, 5.74) is 1.53. The highest BCUT2D eigenvalue weighted by Crippen LogP contribution is 2.18. The normalized spacial score (nSPS) is 11.2. The molecule has 0 aromatic carbocycles. The van der Waals surface area contributed by atoms with E-state index in [0.29, 0.717) is 24.6 Å². The van der Waals surface area contributed by atoms with Crippen LogP contribution in [-0.4, -0.2) is 33.4 Å². The van der Waals surface area contributed by atoms with Crippen molar-refractivity contribution in [3.05, 3.63) is 23.1 Å². The zero-order valence-electron chi connectivity index (χ0n) is 9.56. The fourth-order valence-electron chi connectivity index (χ4n) is 1.74. The lowest BCUT2D eigenvalue weighted by Crippen LogP contribution is -2.07. The third-order valence-electron chi connectivity index (χ3n) is 2.44. The van der Waals surface area contributed by atoms with Crippen LogP contribution in [0.1, 0.15) is 12.2 Å². The minimum Gasteiger partial charge on any atom is -0.396 e. The summed E-state index contributed by atoms with van der Waals surface area (Å²) in [6.45, 7) is 1.22. The maximum absolute atomic E-state index is 8.90. The molecule has 0 amide bonds. The van der Waals surface area contributed by atoms with E-state index in [2.05, 4.69) is 9.97 Å². The predicted octanol–water partition coefficient (Wildman–Crippen LogP) is 1.61. The molecule has 0 atom stereocenters. The smallest absolute Gasteiger partial charge is 0.160 e. The monoisotopic (exact) mass is 255 g/mol. The minimum absolute atomic E-state index is 0.139. The summed E-state index contributed by atoms with van der Waals surface area (Å²) < 4.78 is 7.05. The molecule has 17 heavy (non-hydrogen) atoms. The molecule has 6 heteroatoms. The second kappa shape index (κ2) is 5.44. The van der Waals surface area contributed by atoms with E-state index in [1.165, 1.54) is 0 Å². The molecule has 0 aliphatic heterocycles. The van der Waals surface area contributed by atoms with Crippen molar-refractivity contribution in [3.63, 3.8) is 0 Å². The molecule has 1 N–H and O–H groups in total. The van der Waals surface area contributed by atoms with Crippen molar-refractivity contribution in [2.75, 3.05) is 13.7 Å². The molecule has 0 saturated carbocycles. The molecule has 0 saturated heterocycles. The Hall–Kier alpha value is -1.17. The van der Waals surface area contributed by atoms with E-state index in [4.69, 9.17) is 21.4 Å². The van der Waals surface area contributed by atoms with Crippen molar-refractivity contribution in [1.82, 2.24) is 14.5 Å². The van der Waals surface area contributed by atoms with Crippen molar-refractivity contribution in [3.8, 4) is 0 Å². The van der Waals surface area contributed by atoms with Crippen LogP contribution in [0.2, 0.25) is 5.02 Å². The number of aliphatic hydroxyl groups excluding tert-OH is 1. The van der Waals surface area contributed by atoms with Gasteiger partial charge in [0.25, 0.3) is 0 Å². The van der Waals surface area contributed by atoms with E-state index in [1.807, 2.05) is 4.57 Å². The van der Waals surface area contributed by atoms with E-state index in [9.17, 15) is 0 Å². The highest BCUT2D eigenvalue weighted by molar-refractivity contribution is 6.31. The zero-order valence-corrected chi connectivity index (χ0v) is 10.3. The quantitative estimate of drug-likeness (QED) is 0.882. The van der Waals surface area contributed by atoms with Gasteiger partial charge in [0, 0.05) is 26.5 Å². The number of rotatable bonds is 5. The van der Waals surface area contributed by atoms with Crippen molar-refractivity contribution in [2.24, 2.45) is 0 Å². The maximum Gasteiger partial charge on any atom is 0.160 e. The molecular weight excluding hydrogens is 242 g/mol. The van der Waals surface area contributed by atoms with Crippen LogP contribution < -0.4 is 0 Å². The molecule has 0 spiro atoms. The second-order valence-corrected chi connectivity index (χ2v) is 4.12. The number of ether oxygens (including phenoxy) is 1. The first-order valence-corrected chi connectivity index (χ1v) is 5.74. The Morgan fingerprint density at radius 3 is 3.06 bits per heavy atom. The Morgan fingerprint density at radius 1 is 1.53 bits per heavy atom. The van der Waals surface area contributed by atoms with E-state index in [1.54, 1.807) is 19.4 Å². The summed E-state index contributed by atoms with van der Waals surface area (Å²) in [4.78, 5) is 8.69. The Balaban J connectivity index is 2.46. The highest BCUT2D eigenvalue weighted by Gasteiger charge is 2.11. The van der Waals surface area contributed by atoms with E-state index in [0.717, 1.165) is 17.0 Å². The first kappa shape index (κ1) is 12.3. The number of aromatic nitrogens is 3. The Labute approximate surface area is 104 Å². The molecule has 0 aliphatic carbocycles. The number of fused-ring (bicyclic) bond motifs is 1. The lowest BCUT2D eigenvalue weighted by molar-refractivity contribution is 0.173. The largest absolute Gasteiger partial charge is 0.396 e. The van der Waals surface area contributed by atoms with Crippen molar-refractivity contribution < 1.29 is 9.84 Å². The zero-order chi connectivity index (χ0) is 12.3. The van der Waals surface area contributed by atoms with Gasteiger partial charge in [0.2, 0.25) is 0 Å². The van der Waals surface area contributed by atoms with Crippen molar-refractivity contribution >= 4 is 22.8 Å². The molecule has 0 radical (unpaired) electrons. The number of pyridine rings is 1. The van der Waals surface area contributed by atoms with E-state index in [-0.39, 0.29) is 6.61 Å². The van der Waals surface area contributed by atoms with E-state index < -0.39 is 0 Å². The minimum atomic E-state index is 0.139. The number of hydrogen-bond donors (Lipinski definition) is 1. The summed E-state index contributed by atoms with van der Waals surface area (Å²) in [6, 6.07) is 1.78. The molecule has 2 aromatic heterocycles. The van der Waals surface area contributed by atoms with Gasteiger partial charge in [-0.3, -0.25) is 0 Å². The average molecular weight is 256 g/mol. The highest BCUT2D eigenvalue weighted by atomic mass is 35.5. The van der Waals surface area contributed by atoms with Crippen LogP contribution in [0.3, 0.4) is 0 Å². The fourth-order valence-corrected chi connectivity index (χ4v) is 1.89. The van der Waals surface area contributed by atoms with Crippen molar-refractivity contribution in [2.45, 2.75) is 19.6 Å². The fraction of sp³-hybridized carbons (Fsp3) is 0.455. The number of aliphatic hydroxyl groups is 1. The summed E-state index contributed by atoms with van der Waals surface area (Å²) in [5, 5.41) is 9.46. The Kier molecular flexibility index (Phi) is 3.93. The lowest BCUT2D eigenvalue weighted by Gasteiger charge is -2.06.